The number of hydrogen-bond acceptors (Lipinski definition) is 4. The van der Waals surface area contributed by atoms with Crippen molar-refractivity contribution in [2.24, 2.45) is 0 Å². The Kier molecular flexibility index (Phi) is 5.08. The van der Waals surface area contributed by atoms with Crippen LogP contribution in [0.15, 0.2) is 24.3 Å². The molecule has 0 bridgehead atoms. The summed E-state index contributed by atoms with van der Waals surface area (Å²) in [4.78, 5) is 13.2. The fourth-order valence-corrected chi connectivity index (χ4v) is 2.74. The van der Waals surface area contributed by atoms with Gasteiger partial charge in [-0.1, -0.05) is 35.9 Å². The number of halogens is 1. The van der Waals surface area contributed by atoms with Crippen molar-refractivity contribution in [3.63, 3.8) is 0 Å². The molecule has 0 saturated heterocycles. The summed E-state index contributed by atoms with van der Waals surface area (Å²) in [6.45, 7) is 4.74. The molecule has 1 aliphatic heterocycles. The Bertz CT molecular complexity index is 510. The number of rotatable bonds is 5. The van der Waals surface area contributed by atoms with Gasteiger partial charge in [0.2, 0.25) is 0 Å². The molecule has 0 radical (unpaired) electrons. The highest BCUT2D eigenvalue weighted by atomic mass is 35.5. The summed E-state index contributed by atoms with van der Waals surface area (Å²) in [6.07, 6.45) is -0.735. The lowest BCUT2D eigenvalue weighted by Crippen LogP contribution is -2.32. The highest BCUT2D eigenvalue weighted by Gasteiger charge is 2.45. The number of alkyl halides is 1. The van der Waals surface area contributed by atoms with Gasteiger partial charge in [-0.05, 0) is 19.4 Å². The van der Waals surface area contributed by atoms with Gasteiger partial charge in [-0.15, -0.1) is 0 Å². The smallest absolute Gasteiger partial charge is 0.409 e. The Morgan fingerprint density at radius 3 is 2.76 bits per heavy atom. The number of hydrogen-bond donors (Lipinski definition) is 0. The van der Waals surface area contributed by atoms with Crippen molar-refractivity contribution in [3.8, 4) is 0 Å². The average molecular weight is 314 g/mol. The van der Waals surface area contributed by atoms with E-state index in [9.17, 15) is 4.79 Å². The fourth-order valence-electron chi connectivity index (χ4n) is 2.35. The summed E-state index contributed by atoms with van der Waals surface area (Å²) in [7, 11) is 1.67. The monoisotopic (exact) mass is 313 g/mol. The number of carbonyl (C=O) groups excluding carboxylic acids is 1. The fraction of sp³-hybridized carbons (Fsp3) is 0.533. The number of ether oxygens (including phenoxy) is 3. The van der Waals surface area contributed by atoms with E-state index < -0.39 is 5.25 Å². The van der Waals surface area contributed by atoms with Crippen molar-refractivity contribution in [2.45, 2.75) is 25.2 Å². The highest BCUT2D eigenvalue weighted by molar-refractivity contribution is 6.22. The van der Waals surface area contributed by atoms with Gasteiger partial charge in [0.1, 0.15) is 6.10 Å². The molecule has 1 aromatic rings. The molecule has 1 heterocycles. The molecule has 0 N–H and O–H groups in total. The number of nitrogens with zero attached hydrogens (tertiary/aromatic N) is 1. The molecule has 0 spiro atoms. The SMILES string of the molecule is CCOC(=O)N(C)CC1OC(Cl)(OCC)c2ccccc21. The van der Waals surface area contributed by atoms with Crippen molar-refractivity contribution in [1.82, 2.24) is 4.90 Å². The van der Waals surface area contributed by atoms with E-state index in [2.05, 4.69) is 0 Å². The van der Waals surface area contributed by atoms with E-state index >= 15 is 0 Å². The van der Waals surface area contributed by atoms with Crippen molar-refractivity contribution < 1.29 is 19.0 Å². The predicted molar refractivity (Wildman–Crippen MR) is 79.1 cm³/mol. The van der Waals surface area contributed by atoms with E-state index in [0.717, 1.165) is 11.1 Å². The first-order valence-electron chi connectivity index (χ1n) is 6.99. The Labute approximate surface area is 129 Å². The zero-order valence-electron chi connectivity index (χ0n) is 12.5. The minimum atomic E-state index is -1.29. The number of likely N-dealkylation sites (N-methyl/N-ethyl adjacent to an activating group) is 1. The van der Waals surface area contributed by atoms with Crippen LogP contribution in [0.5, 0.6) is 0 Å². The van der Waals surface area contributed by atoms with Crippen LogP contribution in [-0.4, -0.2) is 37.8 Å². The summed E-state index contributed by atoms with van der Waals surface area (Å²) < 4.78 is 16.4. The lowest BCUT2D eigenvalue weighted by Gasteiger charge is -2.25. The Morgan fingerprint density at radius 2 is 2.10 bits per heavy atom. The van der Waals surface area contributed by atoms with E-state index in [1.165, 1.54) is 4.90 Å². The minimum absolute atomic E-state index is 0.337. The largest absolute Gasteiger partial charge is 0.450 e. The van der Waals surface area contributed by atoms with Gasteiger partial charge in [0.05, 0.1) is 13.2 Å². The molecule has 116 valence electrons. The standard InChI is InChI=1S/C15H20ClNO4/c1-4-19-14(18)17(3)10-13-11-8-6-7-9-12(11)15(16,21-13)20-5-2/h6-9,13H,4-5,10H2,1-3H3. The zero-order chi connectivity index (χ0) is 15.5. The molecule has 2 rings (SSSR count). The maximum absolute atomic E-state index is 11.7. The van der Waals surface area contributed by atoms with Crippen LogP contribution in [0.1, 0.15) is 31.1 Å². The van der Waals surface area contributed by atoms with Crippen LogP contribution in [0, 0.1) is 0 Å². The van der Waals surface area contributed by atoms with Crippen LogP contribution in [0.2, 0.25) is 0 Å². The molecule has 1 amide bonds. The predicted octanol–water partition coefficient (Wildman–Crippen LogP) is 3.23. The van der Waals surface area contributed by atoms with E-state index in [4.69, 9.17) is 25.8 Å². The molecule has 5 nitrogen and oxygen atoms in total. The van der Waals surface area contributed by atoms with E-state index in [-0.39, 0.29) is 12.2 Å². The van der Waals surface area contributed by atoms with Gasteiger partial charge in [-0.25, -0.2) is 4.79 Å². The van der Waals surface area contributed by atoms with Gasteiger partial charge in [0.15, 0.2) is 0 Å². The van der Waals surface area contributed by atoms with Gasteiger partial charge in [-0.2, -0.15) is 0 Å². The molecule has 6 heteroatoms. The average Bonchev–Trinajstić information content (AvgIpc) is 2.73. The topological polar surface area (TPSA) is 48.0 Å². The molecule has 2 atom stereocenters. The summed E-state index contributed by atoms with van der Waals surface area (Å²) in [5.41, 5.74) is 1.72. The minimum Gasteiger partial charge on any atom is -0.450 e. The molecule has 1 aromatic carbocycles. The Hall–Kier alpha value is -1.30. The quantitative estimate of drug-likeness (QED) is 0.783. The van der Waals surface area contributed by atoms with E-state index in [1.807, 2.05) is 31.2 Å². The van der Waals surface area contributed by atoms with Crippen LogP contribution < -0.4 is 0 Å². The maximum atomic E-state index is 11.7. The second-order valence-corrected chi connectivity index (χ2v) is 5.24. The lowest BCUT2D eigenvalue weighted by molar-refractivity contribution is -0.195. The Balaban J connectivity index is 2.18. The van der Waals surface area contributed by atoms with Gasteiger partial charge in [0, 0.05) is 19.2 Å². The van der Waals surface area contributed by atoms with Crippen molar-refractivity contribution in [3.05, 3.63) is 35.4 Å². The number of carbonyl (C=O) groups is 1. The summed E-state index contributed by atoms with van der Waals surface area (Å²) >= 11 is 6.44. The van der Waals surface area contributed by atoms with Gasteiger partial charge in [-0.3, -0.25) is 0 Å². The molecule has 0 aromatic heterocycles. The van der Waals surface area contributed by atoms with Crippen LogP contribution in [0.25, 0.3) is 0 Å². The molecular weight excluding hydrogens is 294 g/mol. The molecule has 1 aliphatic rings. The Morgan fingerprint density at radius 1 is 1.38 bits per heavy atom. The van der Waals surface area contributed by atoms with Crippen molar-refractivity contribution >= 4 is 17.7 Å². The van der Waals surface area contributed by atoms with E-state index in [1.54, 1.807) is 14.0 Å². The molecular formula is C15H20ClNO4. The van der Waals surface area contributed by atoms with E-state index in [0.29, 0.717) is 19.8 Å². The molecule has 0 aliphatic carbocycles. The molecule has 0 saturated carbocycles. The number of fused-ring (bicyclic) bond motifs is 1. The summed E-state index contributed by atoms with van der Waals surface area (Å²) in [5, 5.41) is -1.29. The van der Waals surface area contributed by atoms with Crippen LogP contribution >= 0.6 is 11.6 Å². The first-order chi connectivity index (χ1) is 10.0. The maximum Gasteiger partial charge on any atom is 0.409 e. The second-order valence-electron chi connectivity index (χ2n) is 4.74. The third-order valence-corrected chi connectivity index (χ3v) is 3.67. The number of amides is 1. The normalized spacial score (nSPS) is 23.7. The third-order valence-electron chi connectivity index (χ3n) is 3.27. The number of benzene rings is 1. The van der Waals surface area contributed by atoms with Gasteiger partial charge in [0.25, 0.3) is 5.25 Å². The van der Waals surface area contributed by atoms with Gasteiger partial charge >= 0.3 is 6.09 Å². The first kappa shape index (κ1) is 16.1. The van der Waals surface area contributed by atoms with Crippen LogP contribution in [-0.2, 0) is 19.5 Å². The highest BCUT2D eigenvalue weighted by Crippen LogP contribution is 2.47. The molecule has 21 heavy (non-hydrogen) atoms. The van der Waals surface area contributed by atoms with Crippen LogP contribution in [0.4, 0.5) is 4.79 Å². The van der Waals surface area contributed by atoms with Gasteiger partial charge < -0.3 is 19.1 Å². The third kappa shape index (κ3) is 3.31. The lowest BCUT2D eigenvalue weighted by atomic mass is 10.0. The zero-order valence-corrected chi connectivity index (χ0v) is 13.2. The summed E-state index contributed by atoms with van der Waals surface area (Å²) in [6, 6.07) is 7.61. The molecule has 0 fully saturated rings. The second kappa shape index (κ2) is 6.64. The summed E-state index contributed by atoms with van der Waals surface area (Å²) in [5.74, 6) is 0. The first-order valence-corrected chi connectivity index (χ1v) is 7.37. The van der Waals surface area contributed by atoms with Crippen molar-refractivity contribution in [1.29, 1.82) is 0 Å². The van der Waals surface area contributed by atoms with Crippen LogP contribution in [0.3, 0.4) is 0 Å². The van der Waals surface area contributed by atoms with Crippen molar-refractivity contribution in [2.75, 3.05) is 26.8 Å². The molecule has 2 unspecified atom stereocenters.